The second-order valence-electron chi connectivity index (χ2n) is 5.46. The standard InChI is InChI=1S/C19H19NO4/c1-12-8-17(22-2)18(23-3)9-13(12)11-24-19(21)15-10-20-16-7-5-4-6-14(15)16/h4-10,20H,11H2,1-3H3. The van der Waals surface area contributed by atoms with E-state index in [4.69, 9.17) is 14.2 Å². The highest BCUT2D eigenvalue weighted by Crippen LogP contribution is 2.30. The van der Waals surface area contributed by atoms with Crippen LogP contribution in [-0.4, -0.2) is 25.2 Å². The molecule has 0 saturated carbocycles. The van der Waals surface area contributed by atoms with Crippen molar-refractivity contribution >= 4 is 16.9 Å². The highest BCUT2D eigenvalue weighted by Gasteiger charge is 2.15. The number of fused-ring (bicyclic) bond motifs is 1. The molecule has 1 heterocycles. The summed E-state index contributed by atoms with van der Waals surface area (Å²) < 4.78 is 16.0. The lowest BCUT2D eigenvalue weighted by Gasteiger charge is -2.13. The third kappa shape index (κ3) is 2.93. The van der Waals surface area contributed by atoms with E-state index in [0.29, 0.717) is 17.1 Å². The Morgan fingerprint density at radius 3 is 2.54 bits per heavy atom. The van der Waals surface area contributed by atoms with Crippen molar-refractivity contribution in [3.8, 4) is 11.5 Å². The molecule has 3 rings (SSSR count). The summed E-state index contributed by atoms with van der Waals surface area (Å²) in [5, 5.41) is 0.853. The van der Waals surface area contributed by atoms with E-state index >= 15 is 0 Å². The second-order valence-corrected chi connectivity index (χ2v) is 5.46. The molecule has 0 aliphatic heterocycles. The molecule has 5 heteroatoms. The van der Waals surface area contributed by atoms with Crippen molar-refractivity contribution in [2.24, 2.45) is 0 Å². The summed E-state index contributed by atoms with van der Waals surface area (Å²) in [6.45, 7) is 2.11. The van der Waals surface area contributed by atoms with Gasteiger partial charge in [-0.2, -0.15) is 0 Å². The normalized spacial score (nSPS) is 10.6. The first-order valence-corrected chi connectivity index (χ1v) is 7.58. The average Bonchev–Trinajstić information content (AvgIpc) is 3.04. The highest BCUT2D eigenvalue weighted by molar-refractivity contribution is 6.03. The number of carbonyl (C=O) groups is 1. The lowest BCUT2D eigenvalue weighted by Crippen LogP contribution is -2.06. The van der Waals surface area contributed by atoms with Gasteiger partial charge in [0, 0.05) is 17.1 Å². The minimum Gasteiger partial charge on any atom is -0.493 e. The van der Waals surface area contributed by atoms with Crippen LogP contribution in [0.25, 0.3) is 10.9 Å². The number of carbonyl (C=O) groups excluding carboxylic acids is 1. The van der Waals surface area contributed by atoms with Gasteiger partial charge in [-0.1, -0.05) is 18.2 Å². The quantitative estimate of drug-likeness (QED) is 0.724. The van der Waals surface area contributed by atoms with Crippen LogP contribution in [0.2, 0.25) is 0 Å². The zero-order valence-corrected chi connectivity index (χ0v) is 13.9. The molecule has 0 fully saturated rings. The monoisotopic (exact) mass is 325 g/mol. The van der Waals surface area contributed by atoms with Crippen molar-refractivity contribution in [2.45, 2.75) is 13.5 Å². The Morgan fingerprint density at radius 2 is 1.79 bits per heavy atom. The summed E-state index contributed by atoms with van der Waals surface area (Å²) in [7, 11) is 3.17. The molecule has 0 amide bonds. The van der Waals surface area contributed by atoms with Gasteiger partial charge in [0.25, 0.3) is 0 Å². The van der Waals surface area contributed by atoms with Gasteiger partial charge in [0.05, 0.1) is 19.8 Å². The van der Waals surface area contributed by atoms with Gasteiger partial charge >= 0.3 is 5.97 Å². The van der Waals surface area contributed by atoms with Crippen LogP contribution in [0.3, 0.4) is 0 Å². The molecule has 0 atom stereocenters. The number of ether oxygens (including phenoxy) is 3. The molecule has 124 valence electrons. The lowest BCUT2D eigenvalue weighted by atomic mass is 10.1. The Balaban J connectivity index is 1.79. The Hall–Kier alpha value is -2.95. The molecule has 1 aromatic heterocycles. The van der Waals surface area contributed by atoms with Crippen molar-refractivity contribution in [3.63, 3.8) is 0 Å². The maximum absolute atomic E-state index is 12.4. The summed E-state index contributed by atoms with van der Waals surface area (Å²) in [6, 6.07) is 11.3. The number of aromatic amines is 1. The predicted octanol–water partition coefficient (Wildman–Crippen LogP) is 3.85. The van der Waals surface area contributed by atoms with Gasteiger partial charge < -0.3 is 19.2 Å². The zero-order valence-electron chi connectivity index (χ0n) is 13.9. The van der Waals surface area contributed by atoms with Crippen LogP contribution in [0.1, 0.15) is 21.5 Å². The van der Waals surface area contributed by atoms with E-state index < -0.39 is 0 Å². The molecule has 0 aliphatic carbocycles. The van der Waals surface area contributed by atoms with E-state index in [-0.39, 0.29) is 12.6 Å². The van der Waals surface area contributed by atoms with E-state index in [1.165, 1.54) is 0 Å². The molecule has 1 N–H and O–H groups in total. The predicted molar refractivity (Wildman–Crippen MR) is 91.7 cm³/mol. The molecule has 0 saturated heterocycles. The fourth-order valence-corrected chi connectivity index (χ4v) is 2.64. The van der Waals surface area contributed by atoms with E-state index in [2.05, 4.69) is 4.98 Å². The highest BCUT2D eigenvalue weighted by atomic mass is 16.5. The molecule has 0 aliphatic rings. The Labute approximate surface area is 140 Å². The average molecular weight is 325 g/mol. The number of H-pyrrole nitrogens is 1. The summed E-state index contributed by atoms with van der Waals surface area (Å²) in [5.41, 5.74) is 3.29. The van der Waals surface area contributed by atoms with Crippen LogP contribution in [0.5, 0.6) is 11.5 Å². The molecule has 0 spiro atoms. The van der Waals surface area contributed by atoms with E-state index in [0.717, 1.165) is 22.0 Å². The van der Waals surface area contributed by atoms with Crippen LogP contribution >= 0.6 is 0 Å². The number of esters is 1. The Bertz CT molecular complexity index is 882. The molecule has 0 bridgehead atoms. The first kappa shape index (κ1) is 15.9. The number of rotatable bonds is 5. The van der Waals surface area contributed by atoms with Gasteiger partial charge in [0.1, 0.15) is 6.61 Å². The number of hydrogen-bond acceptors (Lipinski definition) is 4. The van der Waals surface area contributed by atoms with Crippen molar-refractivity contribution in [3.05, 3.63) is 59.3 Å². The number of methoxy groups -OCH3 is 2. The van der Waals surface area contributed by atoms with Gasteiger partial charge in [-0.3, -0.25) is 0 Å². The summed E-state index contributed by atoms with van der Waals surface area (Å²) in [5.74, 6) is 0.907. The fraction of sp³-hybridized carbons (Fsp3) is 0.211. The van der Waals surface area contributed by atoms with Gasteiger partial charge in [-0.15, -0.1) is 0 Å². The topological polar surface area (TPSA) is 60.5 Å². The first-order valence-electron chi connectivity index (χ1n) is 7.58. The SMILES string of the molecule is COc1cc(C)c(COC(=O)c2c[nH]c3ccccc23)cc1OC. The van der Waals surface area contributed by atoms with E-state index in [9.17, 15) is 4.79 Å². The van der Waals surface area contributed by atoms with Gasteiger partial charge in [-0.25, -0.2) is 4.79 Å². The molecule has 0 unspecified atom stereocenters. The van der Waals surface area contributed by atoms with Gasteiger partial charge in [0.2, 0.25) is 0 Å². The van der Waals surface area contributed by atoms with E-state index in [1.807, 2.05) is 43.3 Å². The van der Waals surface area contributed by atoms with Gasteiger partial charge in [0.15, 0.2) is 11.5 Å². The van der Waals surface area contributed by atoms with Crippen LogP contribution in [-0.2, 0) is 11.3 Å². The summed E-state index contributed by atoms with van der Waals surface area (Å²) in [4.78, 5) is 15.5. The minimum atomic E-state index is -0.360. The van der Waals surface area contributed by atoms with E-state index in [1.54, 1.807) is 20.4 Å². The third-order valence-corrected chi connectivity index (χ3v) is 4.01. The zero-order chi connectivity index (χ0) is 17.1. The van der Waals surface area contributed by atoms with Crippen LogP contribution in [0.15, 0.2) is 42.6 Å². The molecule has 3 aromatic rings. The number of aromatic nitrogens is 1. The molecular formula is C19H19NO4. The van der Waals surface area contributed by atoms with Crippen molar-refractivity contribution in [1.82, 2.24) is 4.98 Å². The lowest BCUT2D eigenvalue weighted by molar-refractivity contribution is 0.0474. The summed E-state index contributed by atoms with van der Waals surface area (Å²) in [6.07, 6.45) is 1.68. The molecular weight excluding hydrogens is 306 g/mol. The first-order chi connectivity index (χ1) is 11.6. The van der Waals surface area contributed by atoms with Crippen LogP contribution < -0.4 is 9.47 Å². The smallest absolute Gasteiger partial charge is 0.340 e. The Kier molecular flexibility index (Phi) is 4.42. The van der Waals surface area contributed by atoms with Crippen molar-refractivity contribution < 1.29 is 19.0 Å². The van der Waals surface area contributed by atoms with Crippen LogP contribution in [0, 0.1) is 6.92 Å². The number of hydrogen-bond donors (Lipinski definition) is 1. The molecule has 5 nitrogen and oxygen atoms in total. The van der Waals surface area contributed by atoms with Gasteiger partial charge in [-0.05, 0) is 36.2 Å². The molecule has 2 aromatic carbocycles. The number of aryl methyl sites for hydroxylation is 1. The number of para-hydroxylation sites is 1. The maximum atomic E-state index is 12.4. The fourth-order valence-electron chi connectivity index (χ4n) is 2.64. The maximum Gasteiger partial charge on any atom is 0.340 e. The third-order valence-electron chi connectivity index (χ3n) is 4.01. The van der Waals surface area contributed by atoms with Crippen molar-refractivity contribution in [1.29, 1.82) is 0 Å². The second kappa shape index (κ2) is 6.66. The largest absolute Gasteiger partial charge is 0.493 e. The van der Waals surface area contributed by atoms with Crippen molar-refractivity contribution in [2.75, 3.05) is 14.2 Å². The number of nitrogens with one attached hydrogen (secondary N) is 1. The molecule has 24 heavy (non-hydrogen) atoms. The minimum absolute atomic E-state index is 0.171. The number of benzene rings is 2. The Morgan fingerprint density at radius 1 is 1.08 bits per heavy atom. The summed E-state index contributed by atoms with van der Waals surface area (Å²) >= 11 is 0. The molecule has 0 radical (unpaired) electrons. The van der Waals surface area contributed by atoms with Crippen LogP contribution in [0.4, 0.5) is 0 Å².